The first-order chi connectivity index (χ1) is 7.25. The minimum atomic E-state index is -1.02. The van der Waals surface area contributed by atoms with E-state index in [0.717, 1.165) is 5.69 Å². The Kier molecular flexibility index (Phi) is 2.45. The van der Waals surface area contributed by atoms with Crippen molar-refractivity contribution in [1.82, 2.24) is 14.5 Å². The van der Waals surface area contributed by atoms with Crippen LogP contribution in [0.1, 0.15) is 16.2 Å². The molecule has 5 nitrogen and oxygen atoms in total. The fourth-order valence-electron chi connectivity index (χ4n) is 1.24. The van der Waals surface area contributed by atoms with Crippen LogP contribution in [0.3, 0.4) is 0 Å². The van der Waals surface area contributed by atoms with E-state index in [1.807, 2.05) is 18.2 Å². The molecule has 0 aliphatic heterocycles. The van der Waals surface area contributed by atoms with E-state index in [-0.39, 0.29) is 5.69 Å². The van der Waals surface area contributed by atoms with Gasteiger partial charge in [0, 0.05) is 12.4 Å². The number of hydrogen-bond donors (Lipinski definition) is 1. The Morgan fingerprint density at radius 3 is 2.87 bits per heavy atom. The van der Waals surface area contributed by atoms with Crippen molar-refractivity contribution in [2.75, 3.05) is 0 Å². The van der Waals surface area contributed by atoms with E-state index < -0.39 is 5.97 Å². The number of rotatable bonds is 3. The molecule has 0 amide bonds. The van der Waals surface area contributed by atoms with Crippen molar-refractivity contribution in [2.24, 2.45) is 0 Å². The summed E-state index contributed by atoms with van der Waals surface area (Å²) < 4.78 is 1.69. The highest BCUT2D eigenvalue weighted by Gasteiger charge is 2.06. The third-order valence-corrected chi connectivity index (χ3v) is 1.92. The Bertz CT molecular complexity index is 465. The van der Waals surface area contributed by atoms with E-state index >= 15 is 0 Å². The molecule has 0 unspecified atom stereocenters. The molecule has 2 heterocycles. The minimum absolute atomic E-state index is 0.0472. The van der Waals surface area contributed by atoms with Gasteiger partial charge in [-0.3, -0.25) is 4.98 Å². The largest absolute Gasteiger partial charge is 0.476 e. The molecule has 0 aromatic carbocycles. The Balaban J connectivity index is 2.15. The van der Waals surface area contributed by atoms with Crippen LogP contribution in [0.2, 0.25) is 0 Å². The van der Waals surface area contributed by atoms with E-state index in [0.29, 0.717) is 6.54 Å². The molecule has 0 aliphatic rings. The van der Waals surface area contributed by atoms with Gasteiger partial charge in [-0.15, -0.1) is 0 Å². The molecule has 76 valence electrons. The quantitative estimate of drug-likeness (QED) is 0.808. The maximum Gasteiger partial charge on any atom is 0.356 e. The lowest BCUT2D eigenvalue weighted by molar-refractivity contribution is 0.0691. The smallest absolute Gasteiger partial charge is 0.356 e. The van der Waals surface area contributed by atoms with E-state index in [1.54, 1.807) is 10.8 Å². The van der Waals surface area contributed by atoms with Gasteiger partial charge in [0.25, 0.3) is 0 Å². The summed E-state index contributed by atoms with van der Waals surface area (Å²) in [5.41, 5.74) is 0.915. The van der Waals surface area contributed by atoms with Crippen LogP contribution in [-0.2, 0) is 6.54 Å². The number of pyridine rings is 1. The van der Waals surface area contributed by atoms with Gasteiger partial charge in [0.1, 0.15) is 0 Å². The van der Waals surface area contributed by atoms with Gasteiger partial charge in [-0.2, -0.15) is 0 Å². The molecule has 0 atom stereocenters. The van der Waals surface area contributed by atoms with Crippen LogP contribution in [0.25, 0.3) is 0 Å². The molecule has 15 heavy (non-hydrogen) atoms. The summed E-state index contributed by atoms with van der Waals surface area (Å²) >= 11 is 0. The molecule has 0 spiro atoms. The van der Waals surface area contributed by atoms with E-state index in [2.05, 4.69) is 9.97 Å². The monoisotopic (exact) mass is 203 g/mol. The summed E-state index contributed by atoms with van der Waals surface area (Å²) in [5, 5.41) is 8.67. The lowest BCUT2D eigenvalue weighted by Crippen LogP contribution is -1.99. The number of aromatic nitrogens is 3. The molecule has 1 N–H and O–H groups in total. The number of hydrogen-bond acceptors (Lipinski definition) is 3. The predicted octanol–water partition coefficient (Wildman–Crippen LogP) is 1.02. The molecule has 0 saturated heterocycles. The fraction of sp³-hybridized carbons (Fsp3) is 0.100. The van der Waals surface area contributed by atoms with Crippen LogP contribution in [-0.4, -0.2) is 25.6 Å². The highest BCUT2D eigenvalue weighted by atomic mass is 16.4. The SMILES string of the molecule is O=C(O)c1cn(Cc2ccccn2)cn1. The topological polar surface area (TPSA) is 68.0 Å². The van der Waals surface area contributed by atoms with Crippen LogP contribution in [0, 0.1) is 0 Å². The molecule has 0 aliphatic carbocycles. The van der Waals surface area contributed by atoms with Gasteiger partial charge in [-0.25, -0.2) is 9.78 Å². The summed E-state index contributed by atoms with van der Waals surface area (Å²) in [4.78, 5) is 18.5. The molecule has 0 radical (unpaired) electrons. The van der Waals surface area contributed by atoms with Crippen LogP contribution in [0.5, 0.6) is 0 Å². The van der Waals surface area contributed by atoms with Crippen LogP contribution >= 0.6 is 0 Å². The molecule has 0 fully saturated rings. The van der Waals surface area contributed by atoms with E-state index in [4.69, 9.17) is 5.11 Å². The first-order valence-electron chi connectivity index (χ1n) is 4.40. The van der Waals surface area contributed by atoms with Gasteiger partial charge in [-0.05, 0) is 12.1 Å². The number of nitrogens with zero attached hydrogens (tertiary/aromatic N) is 3. The maximum absolute atomic E-state index is 10.6. The highest BCUT2D eigenvalue weighted by molar-refractivity contribution is 5.84. The normalized spacial score (nSPS) is 10.1. The Morgan fingerprint density at radius 1 is 1.40 bits per heavy atom. The third-order valence-electron chi connectivity index (χ3n) is 1.92. The number of aromatic carboxylic acids is 1. The van der Waals surface area contributed by atoms with E-state index in [1.165, 1.54) is 12.5 Å². The standard InChI is InChI=1S/C10H9N3O2/c14-10(15)9-6-13(7-12-9)5-8-3-1-2-4-11-8/h1-4,6-7H,5H2,(H,14,15). The minimum Gasteiger partial charge on any atom is -0.476 e. The fourth-order valence-corrected chi connectivity index (χ4v) is 1.24. The number of imidazole rings is 1. The van der Waals surface area contributed by atoms with E-state index in [9.17, 15) is 4.79 Å². The Hall–Kier alpha value is -2.17. The second-order valence-electron chi connectivity index (χ2n) is 3.06. The van der Waals surface area contributed by atoms with Gasteiger partial charge < -0.3 is 9.67 Å². The summed E-state index contributed by atoms with van der Waals surface area (Å²) in [7, 11) is 0. The van der Waals surface area contributed by atoms with Gasteiger partial charge in [0.05, 0.1) is 18.6 Å². The van der Waals surface area contributed by atoms with Crippen LogP contribution in [0.15, 0.2) is 36.9 Å². The molecule has 2 rings (SSSR count). The van der Waals surface area contributed by atoms with Crippen molar-refractivity contribution in [2.45, 2.75) is 6.54 Å². The second kappa shape index (κ2) is 3.91. The molecule has 2 aromatic rings. The average Bonchev–Trinajstić information content (AvgIpc) is 2.68. The first kappa shape index (κ1) is 9.39. The summed E-state index contributed by atoms with van der Waals surface area (Å²) in [6, 6.07) is 5.60. The number of carbonyl (C=O) groups is 1. The summed E-state index contributed by atoms with van der Waals surface area (Å²) in [6.07, 6.45) is 4.67. The summed E-state index contributed by atoms with van der Waals surface area (Å²) in [6.45, 7) is 0.529. The zero-order chi connectivity index (χ0) is 10.7. The molecular weight excluding hydrogens is 194 g/mol. The second-order valence-corrected chi connectivity index (χ2v) is 3.06. The Morgan fingerprint density at radius 2 is 2.27 bits per heavy atom. The van der Waals surface area contributed by atoms with Crippen molar-refractivity contribution >= 4 is 5.97 Å². The number of carboxylic acids is 1. The number of carboxylic acid groups (broad SMARTS) is 1. The zero-order valence-corrected chi connectivity index (χ0v) is 7.87. The molecular formula is C10H9N3O2. The first-order valence-corrected chi connectivity index (χ1v) is 4.40. The Labute approximate surface area is 86.0 Å². The predicted molar refractivity (Wildman–Crippen MR) is 52.5 cm³/mol. The molecule has 0 bridgehead atoms. The van der Waals surface area contributed by atoms with Gasteiger partial charge in [0.15, 0.2) is 5.69 Å². The lowest BCUT2D eigenvalue weighted by atomic mass is 10.3. The van der Waals surface area contributed by atoms with Gasteiger partial charge in [0.2, 0.25) is 0 Å². The highest BCUT2D eigenvalue weighted by Crippen LogP contribution is 2.01. The molecule has 2 aromatic heterocycles. The van der Waals surface area contributed by atoms with Gasteiger partial charge in [-0.1, -0.05) is 6.07 Å². The van der Waals surface area contributed by atoms with Crippen molar-refractivity contribution in [3.63, 3.8) is 0 Å². The lowest BCUT2D eigenvalue weighted by Gasteiger charge is -1.99. The van der Waals surface area contributed by atoms with Crippen molar-refractivity contribution < 1.29 is 9.90 Å². The van der Waals surface area contributed by atoms with Crippen LogP contribution in [0.4, 0.5) is 0 Å². The van der Waals surface area contributed by atoms with Crippen molar-refractivity contribution in [1.29, 1.82) is 0 Å². The summed E-state index contributed by atoms with van der Waals surface area (Å²) in [5.74, 6) is -1.02. The average molecular weight is 203 g/mol. The van der Waals surface area contributed by atoms with Crippen molar-refractivity contribution in [3.05, 3.63) is 48.3 Å². The third kappa shape index (κ3) is 2.19. The van der Waals surface area contributed by atoms with Gasteiger partial charge >= 0.3 is 5.97 Å². The van der Waals surface area contributed by atoms with Crippen LogP contribution < -0.4 is 0 Å². The molecule has 5 heteroatoms. The van der Waals surface area contributed by atoms with Crippen molar-refractivity contribution in [3.8, 4) is 0 Å². The maximum atomic E-state index is 10.6. The zero-order valence-electron chi connectivity index (χ0n) is 7.87. The molecule has 0 saturated carbocycles.